The summed E-state index contributed by atoms with van der Waals surface area (Å²) in [6, 6.07) is 2.33. The third-order valence-electron chi connectivity index (χ3n) is 2.39. The lowest BCUT2D eigenvalue weighted by atomic mass is 10.2. The molecule has 0 amide bonds. The number of hydrogen-bond donors (Lipinski definition) is 2. The molecule has 4 nitrogen and oxygen atoms in total. The van der Waals surface area contributed by atoms with Crippen LogP contribution in [0.4, 0.5) is 0 Å². The third kappa shape index (κ3) is 2.90. The summed E-state index contributed by atoms with van der Waals surface area (Å²) >= 11 is 3.40. The largest absolute Gasteiger partial charge is 0.306 e. The van der Waals surface area contributed by atoms with E-state index in [1.165, 1.54) is 0 Å². The van der Waals surface area contributed by atoms with Gasteiger partial charge in [-0.25, -0.2) is 0 Å². The van der Waals surface area contributed by atoms with Gasteiger partial charge in [-0.15, -0.1) is 0 Å². The summed E-state index contributed by atoms with van der Waals surface area (Å²) in [6.07, 6.45) is 7.37. The Morgan fingerprint density at radius 1 is 1.44 bits per heavy atom. The second-order valence-corrected chi connectivity index (χ2v) is 4.56. The van der Waals surface area contributed by atoms with Crippen molar-refractivity contribution < 1.29 is 0 Å². The quantitative estimate of drug-likeness (QED) is 0.905. The predicted molar refractivity (Wildman–Crippen MR) is 65.8 cm³/mol. The topological polar surface area (TPSA) is 53.6 Å². The van der Waals surface area contributed by atoms with Crippen LogP contribution in [0, 0.1) is 0 Å². The molecule has 2 N–H and O–H groups in total. The van der Waals surface area contributed by atoms with E-state index >= 15 is 0 Å². The summed E-state index contributed by atoms with van der Waals surface area (Å²) in [5.74, 6) is 0. The molecule has 2 heterocycles. The highest BCUT2D eigenvalue weighted by Crippen LogP contribution is 2.12. The van der Waals surface area contributed by atoms with Crippen molar-refractivity contribution in [3.05, 3.63) is 46.5 Å². The molecule has 0 bridgehead atoms. The van der Waals surface area contributed by atoms with Gasteiger partial charge >= 0.3 is 0 Å². The molecule has 0 aromatic carbocycles. The van der Waals surface area contributed by atoms with E-state index in [1.54, 1.807) is 6.20 Å². The SMILES string of the molecule is CC(NCc1cncc(Br)c1)c1cn[nH]c1. The summed E-state index contributed by atoms with van der Waals surface area (Å²) in [7, 11) is 0. The fourth-order valence-electron chi connectivity index (χ4n) is 1.44. The van der Waals surface area contributed by atoms with Gasteiger partial charge in [-0.2, -0.15) is 5.10 Å². The molecule has 0 saturated carbocycles. The Morgan fingerprint density at radius 2 is 2.31 bits per heavy atom. The highest BCUT2D eigenvalue weighted by atomic mass is 79.9. The maximum absolute atomic E-state index is 4.12. The van der Waals surface area contributed by atoms with Crippen molar-refractivity contribution in [2.75, 3.05) is 0 Å². The first-order valence-electron chi connectivity index (χ1n) is 5.07. The van der Waals surface area contributed by atoms with E-state index in [4.69, 9.17) is 0 Å². The minimum Gasteiger partial charge on any atom is -0.306 e. The molecule has 0 spiro atoms. The van der Waals surface area contributed by atoms with Crippen LogP contribution in [0.25, 0.3) is 0 Å². The van der Waals surface area contributed by atoms with Crippen LogP contribution in [0.2, 0.25) is 0 Å². The molecule has 2 aromatic rings. The average molecular weight is 281 g/mol. The van der Waals surface area contributed by atoms with E-state index in [-0.39, 0.29) is 6.04 Å². The average Bonchev–Trinajstić information content (AvgIpc) is 2.79. The van der Waals surface area contributed by atoms with Gasteiger partial charge in [0.05, 0.1) is 6.20 Å². The van der Waals surface area contributed by atoms with Crippen molar-refractivity contribution in [3.63, 3.8) is 0 Å². The van der Waals surface area contributed by atoms with E-state index in [1.807, 2.05) is 18.6 Å². The lowest BCUT2D eigenvalue weighted by Gasteiger charge is -2.11. The Bertz CT molecular complexity index is 441. The summed E-state index contributed by atoms with van der Waals surface area (Å²) in [6.45, 7) is 2.90. The van der Waals surface area contributed by atoms with Gasteiger partial charge in [0, 0.05) is 41.2 Å². The van der Waals surface area contributed by atoms with Crippen LogP contribution >= 0.6 is 15.9 Å². The normalized spacial score (nSPS) is 12.6. The van der Waals surface area contributed by atoms with Crippen LogP contribution in [0.15, 0.2) is 35.3 Å². The number of pyridine rings is 1. The fraction of sp³-hybridized carbons (Fsp3) is 0.273. The monoisotopic (exact) mass is 280 g/mol. The van der Waals surface area contributed by atoms with Gasteiger partial charge in [0.25, 0.3) is 0 Å². The van der Waals surface area contributed by atoms with Gasteiger partial charge in [-0.05, 0) is 34.5 Å². The molecule has 0 saturated heterocycles. The maximum atomic E-state index is 4.12. The fourth-order valence-corrected chi connectivity index (χ4v) is 1.85. The second-order valence-electron chi connectivity index (χ2n) is 3.65. The van der Waals surface area contributed by atoms with Crippen molar-refractivity contribution in [2.24, 2.45) is 0 Å². The van der Waals surface area contributed by atoms with Gasteiger partial charge in [-0.1, -0.05) is 0 Å². The summed E-state index contributed by atoms with van der Waals surface area (Å²) < 4.78 is 1.00. The molecular weight excluding hydrogens is 268 g/mol. The van der Waals surface area contributed by atoms with Crippen molar-refractivity contribution in [1.29, 1.82) is 0 Å². The number of rotatable bonds is 4. The molecule has 1 atom stereocenters. The zero-order valence-corrected chi connectivity index (χ0v) is 10.5. The molecule has 1 unspecified atom stereocenters. The number of halogens is 1. The molecule has 0 radical (unpaired) electrons. The summed E-state index contributed by atoms with van der Waals surface area (Å²) in [4.78, 5) is 4.12. The molecule has 2 rings (SSSR count). The standard InChI is InChI=1S/C11H13BrN4/c1-8(10-5-15-16-6-10)14-4-9-2-11(12)7-13-3-9/h2-3,5-8,14H,4H2,1H3,(H,15,16). The Balaban J connectivity index is 1.92. The van der Waals surface area contributed by atoms with E-state index in [0.29, 0.717) is 0 Å². The van der Waals surface area contributed by atoms with Crippen LogP contribution < -0.4 is 5.32 Å². The lowest BCUT2D eigenvalue weighted by Crippen LogP contribution is -2.17. The van der Waals surface area contributed by atoms with Gasteiger partial charge in [0.2, 0.25) is 0 Å². The first-order chi connectivity index (χ1) is 7.75. The van der Waals surface area contributed by atoms with Crippen LogP contribution in [0.3, 0.4) is 0 Å². The molecule has 0 aliphatic heterocycles. The molecular formula is C11H13BrN4. The van der Waals surface area contributed by atoms with Gasteiger partial charge < -0.3 is 5.32 Å². The zero-order chi connectivity index (χ0) is 11.4. The molecule has 84 valence electrons. The summed E-state index contributed by atoms with van der Waals surface area (Å²) in [5.41, 5.74) is 2.31. The van der Waals surface area contributed by atoms with Crippen LogP contribution in [-0.4, -0.2) is 15.2 Å². The van der Waals surface area contributed by atoms with Crippen molar-refractivity contribution in [2.45, 2.75) is 19.5 Å². The lowest BCUT2D eigenvalue weighted by molar-refractivity contribution is 0.574. The Kier molecular flexibility index (Phi) is 3.69. The maximum Gasteiger partial charge on any atom is 0.0534 e. The number of nitrogens with zero attached hydrogens (tertiary/aromatic N) is 2. The van der Waals surface area contributed by atoms with Crippen molar-refractivity contribution >= 4 is 15.9 Å². The highest BCUT2D eigenvalue weighted by molar-refractivity contribution is 9.10. The van der Waals surface area contributed by atoms with Crippen molar-refractivity contribution in [3.8, 4) is 0 Å². The number of H-pyrrole nitrogens is 1. The van der Waals surface area contributed by atoms with Crippen LogP contribution in [0.5, 0.6) is 0 Å². The van der Waals surface area contributed by atoms with Gasteiger partial charge in [0.1, 0.15) is 0 Å². The molecule has 16 heavy (non-hydrogen) atoms. The smallest absolute Gasteiger partial charge is 0.0534 e. The van der Waals surface area contributed by atoms with Crippen molar-refractivity contribution in [1.82, 2.24) is 20.5 Å². The van der Waals surface area contributed by atoms with Crippen LogP contribution in [-0.2, 0) is 6.54 Å². The Labute approximate surface area is 103 Å². The third-order valence-corrected chi connectivity index (χ3v) is 2.83. The molecule has 0 aliphatic carbocycles. The van der Waals surface area contributed by atoms with E-state index in [0.717, 1.165) is 22.1 Å². The number of hydrogen-bond acceptors (Lipinski definition) is 3. The number of aromatic amines is 1. The highest BCUT2D eigenvalue weighted by Gasteiger charge is 2.05. The van der Waals surface area contributed by atoms with E-state index in [9.17, 15) is 0 Å². The Hall–Kier alpha value is -1.20. The van der Waals surface area contributed by atoms with E-state index < -0.39 is 0 Å². The first kappa shape index (κ1) is 11.3. The van der Waals surface area contributed by atoms with Crippen LogP contribution in [0.1, 0.15) is 24.1 Å². The first-order valence-corrected chi connectivity index (χ1v) is 5.86. The molecule has 2 aromatic heterocycles. The minimum absolute atomic E-state index is 0.276. The molecule has 0 aliphatic rings. The van der Waals surface area contributed by atoms with E-state index in [2.05, 4.69) is 49.4 Å². The second kappa shape index (κ2) is 5.23. The summed E-state index contributed by atoms with van der Waals surface area (Å²) in [5, 5.41) is 10.1. The number of nitrogens with one attached hydrogen (secondary N) is 2. The Morgan fingerprint density at radius 3 is 3.00 bits per heavy atom. The predicted octanol–water partition coefficient (Wildman–Crippen LogP) is 2.42. The minimum atomic E-state index is 0.276. The van der Waals surface area contributed by atoms with Gasteiger partial charge in [-0.3, -0.25) is 10.1 Å². The molecule has 5 heteroatoms. The molecule has 0 fully saturated rings. The van der Waals surface area contributed by atoms with Gasteiger partial charge in [0.15, 0.2) is 0 Å². The zero-order valence-electron chi connectivity index (χ0n) is 8.94. The number of aromatic nitrogens is 3.